The minimum Gasteiger partial charge on any atom is -0.340 e. The number of hydrogen-bond acceptors (Lipinski definition) is 3. The highest BCUT2D eigenvalue weighted by atomic mass is 16.2. The van der Waals surface area contributed by atoms with Crippen LogP contribution in [0.1, 0.15) is 27.2 Å². The quantitative estimate of drug-likeness (QED) is 0.716. The van der Waals surface area contributed by atoms with E-state index in [0.29, 0.717) is 13.1 Å². The van der Waals surface area contributed by atoms with E-state index in [1.165, 1.54) is 0 Å². The van der Waals surface area contributed by atoms with Gasteiger partial charge in [0.05, 0.1) is 6.54 Å². The summed E-state index contributed by atoms with van der Waals surface area (Å²) in [5.74, 6) is 0.203. The monoisotopic (exact) mass is 213 g/mol. The zero-order valence-electron chi connectivity index (χ0n) is 10.3. The van der Waals surface area contributed by atoms with Crippen LogP contribution in [0, 0.1) is 0 Å². The number of rotatable bonds is 2. The minimum absolute atomic E-state index is 0.0593. The summed E-state index contributed by atoms with van der Waals surface area (Å²) in [4.78, 5) is 15.9. The summed E-state index contributed by atoms with van der Waals surface area (Å²) in [6, 6.07) is 0.274. The van der Waals surface area contributed by atoms with E-state index in [0.717, 1.165) is 13.0 Å². The van der Waals surface area contributed by atoms with Crippen LogP contribution in [-0.4, -0.2) is 54.0 Å². The number of carbonyl (C=O) groups is 1. The van der Waals surface area contributed by atoms with E-state index in [4.69, 9.17) is 5.73 Å². The number of nitrogens with two attached hydrogens (primary N) is 1. The Kier molecular flexibility index (Phi) is 3.73. The van der Waals surface area contributed by atoms with Gasteiger partial charge in [0.2, 0.25) is 5.91 Å². The average Bonchev–Trinajstić information content (AvgIpc) is 2.11. The lowest BCUT2D eigenvalue weighted by Gasteiger charge is -2.45. The molecule has 2 N–H and O–H groups in total. The van der Waals surface area contributed by atoms with Gasteiger partial charge < -0.3 is 10.6 Å². The molecule has 4 nitrogen and oxygen atoms in total. The number of amides is 1. The van der Waals surface area contributed by atoms with Crippen molar-refractivity contribution in [2.45, 2.75) is 38.8 Å². The van der Waals surface area contributed by atoms with Gasteiger partial charge in [-0.1, -0.05) is 0 Å². The van der Waals surface area contributed by atoms with Crippen LogP contribution in [0.25, 0.3) is 0 Å². The first-order valence-electron chi connectivity index (χ1n) is 5.57. The van der Waals surface area contributed by atoms with E-state index in [1.54, 1.807) is 0 Å². The highest BCUT2D eigenvalue weighted by Crippen LogP contribution is 2.20. The van der Waals surface area contributed by atoms with Gasteiger partial charge in [-0.2, -0.15) is 0 Å². The molecule has 1 amide bonds. The third-order valence-corrected chi connectivity index (χ3v) is 3.15. The molecule has 0 saturated carbocycles. The van der Waals surface area contributed by atoms with Gasteiger partial charge in [-0.3, -0.25) is 9.69 Å². The summed E-state index contributed by atoms with van der Waals surface area (Å²) in [6.07, 6.45) is 0.884. The molecule has 1 heterocycles. The second kappa shape index (κ2) is 4.49. The third-order valence-electron chi connectivity index (χ3n) is 3.15. The highest BCUT2D eigenvalue weighted by Gasteiger charge is 2.34. The fourth-order valence-corrected chi connectivity index (χ4v) is 1.91. The smallest absolute Gasteiger partial charge is 0.236 e. The van der Waals surface area contributed by atoms with Crippen molar-refractivity contribution in [3.05, 3.63) is 0 Å². The largest absolute Gasteiger partial charge is 0.340 e. The molecule has 1 aliphatic heterocycles. The van der Waals surface area contributed by atoms with E-state index in [9.17, 15) is 4.79 Å². The SMILES string of the molecule is CN1C(=O)CN(C(C)(C)C)CC1CCN. The van der Waals surface area contributed by atoms with Crippen molar-refractivity contribution < 1.29 is 4.79 Å². The van der Waals surface area contributed by atoms with E-state index in [-0.39, 0.29) is 17.5 Å². The molecule has 15 heavy (non-hydrogen) atoms. The van der Waals surface area contributed by atoms with Crippen LogP contribution in [0.5, 0.6) is 0 Å². The van der Waals surface area contributed by atoms with E-state index in [2.05, 4.69) is 25.7 Å². The number of carbonyl (C=O) groups excluding carboxylic acids is 1. The lowest BCUT2D eigenvalue weighted by Crippen LogP contribution is -2.59. The maximum absolute atomic E-state index is 11.8. The van der Waals surface area contributed by atoms with Crippen molar-refractivity contribution in [2.75, 3.05) is 26.7 Å². The molecule has 1 saturated heterocycles. The summed E-state index contributed by atoms with van der Waals surface area (Å²) in [7, 11) is 1.88. The number of hydrogen-bond donors (Lipinski definition) is 1. The Hall–Kier alpha value is -0.610. The Morgan fingerprint density at radius 2 is 2.07 bits per heavy atom. The molecule has 0 spiro atoms. The number of nitrogens with zero attached hydrogens (tertiary/aromatic N) is 2. The predicted octanol–water partition coefficient (Wildman–Crippen LogP) is 0.276. The Balaban J connectivity index is 2.71. The van der Waals surface area contributed by atoms with Crippen LogP contribution in [0.15, 0.2) is 0 Å². The van der Waals surface area contributed by atoms with Crippen LogP contribution in [0.3, 0.4) is 0 Å². The van der Waals surface area contributed by atoms with Gasteiger partial charge >= 0.3 is 0 Å². The zero-order valence-corrected chi connectivity index (χ0v) is 10.3. The number of likely N-dealkylation sites (N-methyl/N-ethyl adjacent to an activating group) is 1. The highest BCUT2D eigenvalue weighted by molar-refractivity contribution is 5.79. The Bertz CT molecular complexity index is 234. The fraction of sp³-hybridized carbons (Fsp3) is 0.909. The summed E-state index contributed by atoms with van der Waals surface area (Å²) < 4.78 is 0. The molecule has 4 heteroatoms. The van der Waals surface area contributed by atoms with Crippen LogP contribution in [0.2, 0.25) is 0 Å². The molecule has 1 fully saturated rings. The summed E-state index contributed by atoms with van der Waals surface area (Å²) in [6.45, 7) is 8.53. The van der Waals surface area contributed by atoms with Gasteiger partial charge in [-0.25, -0.2) is 0 Å². The molecule has 88 valence electrons. The van der Waals surface area contributed by atoms with Gasteiger partial charge in [0.25, 0.3) is 0 Å². The van der Waals surface area contributed by atoms with E-state index in [1.807, 2.05) is 11.9 Å². The molecule has 1 rings (SSSR count). The van der Waals surface area contributed by atoms with E-state index < -0.39 is 0 Å². The molecule has 0 aliphatic carbocycles. The van der Waals surface area contributed by atoms with Gasteiger partial charge in [0.15, 0.2) is 0 Å². The predicted molar refractivity (Wildman–Crippen MR) is 61.6 cm³/mol. The lowest BCUT2D eigenvalue weighted by atomic mass is 10.0. The first-order valence-corrected chi connectivity index (χ1v) is 5.57. The summed E-state index contributed by atoms with van der Waals surface area (Å²) in [5, 5.41) is 0. The minimum atomic E-state index is 0.0593. The molecule has 1 aliphatic rings. The van der Waals surface area contributed by atoms with Gasteiger partial charge in [-0.15, -0.1) is 0 Å². The maximum atomic E-state index is 11.8. The molecule has 0 aromatic rings. The molecule has 1 atom stereocenters. The average molecular weight is 213 g/mol. The van der Waals surface area contributed by atoms with Crippen LogP contribution >= 0.6 is 0 Å². The van der Waals surface area contributed by atoms with Crippen molar-refractivity contribution in [3.8, 4) is 0 Å². The first kappa shape index (κ1) is 12.5. The summed E-state index contributed by atoms with van der Waals surface area (Å²) >= 11 is 0. The topological polar surface area (TPSA) is 49.6 Å². The van der Waals surface area contributed by atoms with Crippen LogP contribution in [-0.2, 0) is 4.79 Å². The van der Waals surface area contributed by atoms with Gasteiger partial charge in [0, 0.05) is 25.2 Å². The fourth-order valence-electron chi connectivity index (χ4n) is 1.91. The molecule has 0 aromatic carbocycles. The first-order chi connectivity index (χ1) is 6.86. The third kappa shape index (κ3) is 2.92. The molecular weight excluding hydrogens is 190 g/mol. The molecule has 0 aromatic heterocycles. The standard InChI is InChI=1S/C11H23N3O/c1-11(2,3)14-7-9(5-6-12)13(4)10(15)8-14/h9H,5-8,12H2,1-4H3. The molecule has 0 bridgehead atoms. The molecular formula is C11H23N3O. The molecule has 1 unspecified atom stereocenters. The Morgan fingerprint density at radius 1 is 1.47 bits per heavy atom. The zero-order chi connectivity index (χ0) is 11.6. The van der Waals surface area contributed by atoms with Crippen LogP contribution < -0.4 is 5.73 Å². The lowest BCUT2D eigenvalue weighted by molar-refractivity contribution is -0.140. The van der Waals surface area contributed by atoms with Crippen LogP contribution in [0.4, 0.5) is 0 Å². The van der Waals surface area contributed by atoms with E-state index >= 15 is 0 Å². The second-order valence-corrected chi connectivity index (χ2v) is 5.29. The second-order valence-electron chi connectivity index (χ2n) is 5.29. The Morgan fingerprint density at radius 3 is 2.53 bits per heavy atom. The van der Waals surface area contributed by atoms with Crippen molar-refractivity contribution in [2.24, 2.45) is 5.73 Å². The Labute approximate surface area is 92.4 Å². The van der Waals surface area contributed by atoms with Crippen molar-refractivity contribution in [1.82, 2.24) is 9.80 Å². The normalized spacial score (nSPS) is 24.7. The summed E-state index contributed by atoms with van der Waals surface area (Å²) in [5.41, 5.74) is 5.62. The van der Waals surface area contributed by atoms with Gasteiger partial charge in [-0.05, 0) is 33.7 Å². The molecule has 0 radical (unpaired) electrons. The number of piperazine rings is 1. The van der Waals surface area contributed by atoms with Crippen molar-refractivity contribution >= 4 is 5.91 Å². The maximum Gasteiger partial charge on any atom is 0.236 e. The van der Waals surface area contributed by atoms with Gasteiger partial charge in [0.1, 0.15) is 0 Å². The van der Waals surface area contributed by atoms with Crippen molar-refractivity contribution in [3.63, 3.8) is 0 Å². The van der Waals surface area contributed by atoms with Crippen molar-refractivity contribution in [1.29, 1.82) is 0 Å².